The lowest BCUT2D eigenvalue weighted by Gasteiger charge is -2.18. The van der Waals surface area contributed by atoms with Gasteiger partial charge in [0.1, 0.15) is 5.75 Å². The molecule has 0 bridgehead atoms. The Bertz CT molecular complexity index is 1030. The zero-order valence-electron chi connectivity index (χ0n) is 15.9. The molecule has 3 N–H and O–H groups in total. The Morgan fingerprint density at radius 2 is 1.72 bits per heavy atom. The number of fused-ring (bicyclic) bond motifs is 1. The first kappa shape index (κ1) is 18.6. The second-order valence-electron chi connectivity index (χ2n) is 6.86. The van der Waals surface area contributed by atoms with Crippen LogP contribution in [0.2, 0.25) is 0 Å². The molecule has 146 valence electrons. The number of amides is 2. The van der Waals surface area contributed by atoms with Gasteiger partial charge in [-0.05, 0) is 55.0 Å². The van der Waals surface area contributed by atoms with E-state index in [0.717, 1.165) is 5.69 Å². The zero-order chi connectivity index (χ0) is 20.2. The minimum atomic E-state index is -0.244. The molecule has 4 rings (SSSR count). The smallest absolute Gasteiger partial charge is 0.262 e. The van der Waals surface area contributed by atoms with Gasteiger partial charge in [0.05, 0.1) is 5.69 Å². The fraction of sp³-hybridized carbons (Fsp3) is 0.130. The zero-order valence-corrected chi connectivity index (χ0v) is 15.9. The van der Waals surface area contributed by atoms with Crippen molar-refractivity contribution in [3.63, 3.8) is 0 Å². The maximum Gasteiger partial charge on any atom is 0.262 e. The molecule has 6 nitrogen and oxygen atoms in total. The summed E-state index contributed by atoms with van der Waals surface area (Å²) in [6, 6.07) is 22.9. The summed E-state index contributed by atoms with van der Waals surface area (Å²) in [4.78, 5) is 23.9. The minimum Gasteiger partial charge on any atom is -0.482 e. The van der Waals surface area contributed by atoms with E-state index in [2.05, 4.69) is 35.0 Å². The number of ether oxygens (including phenoxy) is 1. The quantitative estimate of drug-likeness (QED) is 0.605. The van der Waals surface area contributed by atoms with Crippen molar-refractivity contribution in [1.82, 2.24) is 0 Å². The van der Waals surface area contributed by atoms with Gasteiger partial charge in [-0.1, -0.05) is 30.3 Å². The van der Waals surface area contributed by atoms with Gasteiger partial charge in [-0.2, -0.15) is 0 Å². The van der Waals surface area contributed by atoms with Crippen molar-refractivity contribution >= 4 is 28.9 Å². The van der Waals surface area contributed by atoms with Gasteiger partial charge >= 0.3 is 0 Å². The summed E-state index contributed by atoms with van der Waals surface area (Å²) >= 11 is 0. The Morgan fingerprint density at radius 1 is 1.00 bits per heavy atom. The van der Waals surface area contributed by atoms with Gasteiger partial charge in [-0.15, -0.1) is 0 Å². The number of rotatable bonds is 5. The molecule has 1 aliphatic rings. The first-order valence-corrected chi connectivity index (χ1v) is 9.38. The summed E-state index contributed by atoms with van der Waals surface area (Å²) in [7, 11) is 0. The molecule has 1 unspecified atom stereocenters. The number of benzene rings is 3. The highest BCUT2D eigenvalue weighted by Crippen LogP contribution is 2.29. The predicted octanol–water partition coefficient (Wildman–Crippen LogP) is 4.44. The maximum absolute atomic E-state index is 12.5. The van der Waals surface area contributed by atoms with Crippen LogP contribution >= 0.6 is 0 Å². The molecular formula is C23H21N3O3. The lowest BCUT2D eigenvalue weighted by molar-refractivity contribution is -0.118. The Labute approximate surface area is 168 Å². The lowest BCUT2D eigenvalue weighted by Crippen LogP contribution is -2.25. The molecule has 6 heteroatoms. The standard InChI is InChI=1S/C23H21N3O3/c1-15(16-5-3-2-4-6-16)24-18-8-10-19(11-9-18)25-23(28)17-7-12-20-21(13-17)29-14-22(27)26-20/h2-13,15,24H,14H2,1H3,(H,25,28)(H,26,27). The SMILES string of the molecule is CC(Nc1ccc(NC(=O)c2ccc3c(c2)OCC(=O)N3)cc1)c1ccccc1. The molecule has 3 aromatic rings. The molecule has 0 aliphatic carbocycles. The number of anilines is 3. The van der Waals surface area contributed by atoms with Crippen LogP contribution in [-0.2, 0) is 4.79 Å². The van der Waals surface area contributed by atoms with Crippen LogP contribution < -0.4 is 20.7 Å². The van der Waals surface area contributed by atoms with E-state index in [4.69, 9.17) is 4.74 Å². The van der Waals surface area contributed by atoms with Crippen LogP contribution in [-0.4, -0.2) is 18.4 Å². The van der Waals surface area contributed by atoms with E-state index < -0.39 is 0 Å². The fourth-order valence-corrected chi connectivity index (χ4v) is 3.14. The van der Waals surface area contributed by atoms with Crippen molar-refractivity contribution in [3.8, 4) is 5.75 Å². The summed E-state index contributed by atoms with van der Waals surface area (Å²) in [6.45, 7) is 2.06. The van der Waals surface area contributed by atoms with Crippen LogP contribution in [0.4, 0.5) is 17.1 Å². The van der Waals surface area contributed by atoms with Crippen molar-refractivity contribution in [2.45, 2.75) is 13.0 Å². The molecular weight excluding hydrogens is 366 g/mol. The maximum atomic E-state index is 12.5. The van der Waals surface area contributed by atoms with Crippen LogP contribution in [0.15, 0.2) is 72.8 Å². The third kappa shape index (κ3) is 4.38. The summed E-state index contributed by atoms with van der Waals surface area (Å²) < 4.78 is 5.37. The molecule has 0 radical (unpaired) electrons. The highest BCUT2D eigenvalue weighted by Gasteiger charge is 2.18. The van der Waals surface area contributed by atoms with Gasteiger partial charge in [-0.3, -0.25) is 9.59 Å². The van der Waals surface area contributed by atoms with Crippen molar-refractivity contribution < 1.29 is 14.3 Å². The van der Waals surface area contributed by atoms with Gasteiger partial charge in [0.2, 0.25) is 0 Å². The molecule has 2 amide bonds. The molecule has 29 heavy (non-hydrogen) atoms. The molecule has 0 aromatic heterocycles. The number of carbonyl (C=O) groups is 2. The van der Waals surface area contributed by atoms with Crippen molar-refractivity contribution in [2.24, 2.45) is 0 Å². The summed E-state index contributed by atoms with van der Waals surface area (Å²) in [6.07, 6.45) is 0. The molecule has 0 saturated carbocycles. The van der Waals surface area contributed by atoms with Gasteiger partial charge in [-0.25, -0.2) is 0 Å². The second-order valence-corrected chi connectivity index (χ2v) is 6.86. The number of hydrogen-bond acceptors (Lipinski definition) is 4. The Hall–Kier alpha value is -3.80. The molecule has 0 spiro atoms. The van der Waals surface area contributed by atoms with Gasteiger partial charge in [0.25, 0.3) is 11.8 Å². The minimum absolute atomic E-state index is 0.0477. The lowest BCUT2D eigenvalue weighted by atomic mass is 10.1. The normalized spacial score (nSPS) is 13.5. The summed E-state index contributed by atoms with van der Waals surface area (Å²) in [5.74, 6) is 0.0448. The van der Waals surface area contributed by atoms with Crippen LogP contribution in [0, 0.1) is 0 Å². The van der Waals surface area contributed by atoms with Crippen molar-refractivity contribution in [3.05, 3.63) is 83.9 Å². The van der Waals surface area contributed by atoms with Crippen molar-refractivity contribution in [2.75, 3.05) is 22.6 Å². The van der Waals surface area contributed by atoms with Crippen molar-refractivity contribution in [1.29, 1.82) is 0 Å². The van der Waals surface area contributed by atoms with Gasteiger partial charge < -0.3 is 20.7 Å². The molecule has 0 fully saturated rings. The van der Waals surface area contributed by atoms with E-state index in [1.165, 1.54) is 5.56 Å². The summed E-state index contributed by atoms with van der Waals surface area (Å²) in [5.41, 5.74) is 3.90. The second kappa shape index (κ2) is 8.06. The van der Waals surface area contributed by atoms with Gasteiger partial charge in [0, 0.05) is 23.0 Å². The Balaban J connectivity index is 1.40. The van der Waals surface area contributed by atoms with E-state index in [-0.39, 0.29) is 24.5 Å². The van der Waals surface area contributed by atoms with E-state index >= 15 is 0 Å². The van der Waals surface area contributed by atoms with E-state index in [0.29, 0.717) is 22.7 Å². The Kier molecular flexibility index (Phi) is 5.16. The molecule has 1 atom stereocenters. The van der Waals surface area contributed by atoms with Crippen LogP contribution in [0.5, 0.6) is 5.75 Å². The average Bonchev–Trinajstić information content (AvgIpc) is 2.75. The highest BCUT2D eigenvalue weighted by atomic mass is 16.5. The van der Waals surface area contributed by atoms with E-state index in [9.17, 15) is 9.59 Å². The highest BCUT2D eigenvalue weighted by molar-refractivity contribution is 6.05. The van der Waals surface area contributed by atoms with Crippen LogP contribution in [0.1, 0.15) is 28.9 Å². The number of nitrogens with one attached hydrogen (secondary N) is 3. The van der Waals surface area contributed by atoms with E-state index in [1.54, 1.807) is 18.2 Å². The topological polar surface area (TPSA) is 79.5 Å². The van der Waals surface area contributed by atoms with Crippen LogP contribution in [0.3, 0.4) is 0 Å². The average molecular weight is 387 g/mol. The monoisotopic (exact) mass is 387 g/mol. The molecule has 0 saturated heterocycles. The van der Waals surface area contributed by atoms with E-state index in [1.807, 2.05) is 42.5 Å². The first-order valence-electron chi connectivity index (χ1n) is 9.38. The molecule has 1 heterocycles. The third-order valence-corrected chi connectivity index (χ3v) is 4.70. The molecule has 1 aliphatic heterocycles. The largest absolute Gasteiger partial charge is 0.482 e. The fourth-order valence-electron chi connectivity index (χ4n) is 3.14. The predicted molar refractivity (Wildman–Crippen MR) is 113 cm³/mol. The number of carbonyl (C=O) groups excluding carboxylic acids is 2. The Morgan fingerprint density at radius 3 is 2.48 bits per heavy atom. The molecule has 3 aromatic carbocycles. The third-order valence-electron chi connectivity index (χ3n) is 4.70. The van der Waals surface area contributed by atoms with Gasteiger partial charge in [0.15, 0.2) is 6.61 Å². The number of hydrogen-bond donors (Lipinski definition) is 3. The summed E-state index contributed by atoms with van der Waals surface area (Å²) in [5, 5.41) is 9.03. The first-order chi connectivity index (χ1) is 14.1. The van der Waals surface area contributed by atoms with Crippen LogP contribution in [0.25, 0.3) is 0 Å².